The molecule has 1 N–H and O–H groups in total. The van der Waals surface area contributed by atoms with Gasteiger partial charge in [0.15, 0.2) is 11.5 Å². The van der Waals surface area contributed by atoms with Gasteiger partial charge in [0.1, 0.15) is 23.6 Å². The SMILES string of the molecule is CCOC(=O)C1=C(C)Oc2ncn3nc(-c4ccccc4O)nc3c2[C@@H]1c1ccc(OC)cc1. The van der Waals surface area contributed by atoms with E-state index in [9.17, 15) is 9.90 Å². The monoisotopic (exact) mass is 458 g/mol. The van der Waals surface area contributed by atoms with Gasteiger partial charge >= 0.3 is 5.97 Å². The molecule has 9 nitrogen and oxygen atoms in total. The summed E-state index contributed by atoms with van der Waals surface area (Å²) < 4.78 is 18.2. The lowest BCUT2D eigenvalue weighted by Gasteiger charge is -2.28. The minimum absolute atomic E-state index is 0.0612. The van der Waals surface area contributed by atoms with Crippen LogP contribution < -0.4 is 9.47 Å². The van der Waals surface area contributed by atoms with Crippen molar-refractivity contribution in [3.05, 3.63) is 77.3 Å². The van der Waals surface area contributed by atoms with Gasteiger partial charge in [0.2, 0.25) is 5.88 Å². The first-order valence-electron chi connectivity index (χ1n) is 10.7. The number of aromatic hydroxyl groups is 1. The summed E-state index contributed by atoms with van der Waals surface area (Å²) in [5.74, 6) is 0.770. The minimum Gasteiger partial charge on any atom is -0.507 e. The molecule has 0 radical (unpaired) electrons. The van der Waals surface area contributed by atoms with Crippen molar-refractivity contribution < 1.29 is 24.1 Å². The lowest BCUT2D eigenvalue weighted by atomic mass is 9.83. The van der Waals surface area contributed by atoms with Gasteiger partial charge in [0.25, 0.3) is 0 Å². The molecule has 0 saturated carbocycles. The molecule has 34 heavy (non-hydrogen) atoms. The Morgan fingerprint density at radius 3 is 2.65 bits per heavy atom. The van der Waals surface area contributed by atoms with E-state index in [1.165, 1.54) is 10.8 Å². The number of para-hydroxylation sites is 1. The molecule has 2 aromatic carbocycles. The number of fused-ring (bicyclic) bond motifs is 3. The molecule has 3 heterocycles. The molecule has 4 aromatic rings. The molecule has 1 aliphatic heterocycles. The number of ether oxygens (including phenoxy) is 3. The molecule has 5 rings (SSSR count). The van der Waals surface area contributed by atoms with Crippen molar-refractivity contribution in [2.45, 2.75) is 19.8 Å². The number of phenols is 1. The summed E-state index contributed by atoms with van der Waals surface area (Å²) in [6.07, 6.45) is 1.50. The predicted octanol–water partition coefficient (Wildman–Crippen LogP) is 3.87. The third-order valence-electron chi connectivity index (χ3n) is 5.68. The Kier molecular flexibility index (Phi) is 5.37. The molecule has 0 fully saturated rings. The molecule has 172 valence electrons. The Hall–Kier alpha value is -4.40. The van der Waals surface area contributed by atoms with Gasteiger partial charge in [0.05, 0.1) is 36.3 Å². The molecular weight excluding hydrogens is 436 g/mol. The number of hydrogen-bond acceptors (Lipinski definition) is 8. The third-order valence-corrected chi connectivity index (χ3v) is 5.68. The first-order chi connectivity index (χ1) is 16.5. The van der Waals surface area contributed by atoms with Crippen molar-refractivity contribution in [1.29, 1.82) is 0 Å². The maximum atomic E-state index is 13.1. The van der Waals surface area contributed by atoms with E-state index in [1.807, 2.05) is 24.3 Å². The van der Waals surface area contributed by atoms with E-state index in [-0.39, 0.29) is 12.4 Å². The number of methoxy groups -OCH3 is 1. The number of carbonyl (C=O) groups is 1. The van der Waals surface area contributed by atoms with E-state index in [2.05, 4.69) is 10.1 Å². The Labute approximate surface area is 195 Å². The van der Waals surface area contributed by atoms with Gasteiger partial charge in [-0.1, -0.05) is 24.3 Å². The highest BCUT2D eigenvalue weighted by atomic mass is 16.5. The number of carbonyl (C=O) groups excluding carboxylic acids is 1. The minimum atomic E-state index is -0.564. The summed E-state index contributed by atoms with van der Waals surface area (Å²) in [6.45, 7) is 3.70. The molecule has 1 aliphatic rings. The van der Waals surface area contributed by atoms with Gasteiger partial charge in [-0.15, -0.1) is 5.10 Å². The van der Waals surface area contributed by atoms with Crippen LogP contribution in [0.1, 0.15) is 30.9 Å². The molecular formula is C25H22N4O5. The molecule has 0 bridgehead atoms. The van der Waals surface area contributed by atoms with Gasteiger partial charge in [-0.2, -0.15) is 0 Å². The van der Waals surface area contributed by atoms with E-state index in [4.69, 9.17) is 19.2 Å². The Balaban J connectivity index is 1.75. The Morgan fingerprint density at radius 1 is 1.18 bits per heavy atom. The number of esters is 1. The zero-order chi connectivity index (χ0) is 23.8. The van der Waals surface area contributed by atoms with Crippen molar-refractivity contribution >= 4 is 11.6 Å². The van der Waals surface area contributed by atoms with Crippen molar-refractivity contribution in [2.24, 2.45) is 0 Å². The van der Waals surface area contributed by atoms with Crippen molar-refractivity contribution in [1.82, 2.24) is 19.6 Å². The van der Waals surface area contributed by atoms with E-state index in [1.54, 1.807) is 45.2 Å². The van der Waals surface area contributed by atoms with Crippen LogP contribution in [0, 0.1) is 0 Å². The second kappa shape index (κ2) is 8.51. The summed E-state index contributed by atoms with van der Waals surface area (Å²) in [5.41, 5.74) is 2.69. The summed E-state index contributed by atoms with van der Waals surface area (Å²) in [6, 6.07) is 14.2. The van der Waals surface area contributed by atoms with Gasteiger partial charge in [-0.25, -0.2) is 19.3 Å². The standard InChI is InChI=1S/C25H22N4O5/c1-4-33-25(31)19-14(2)34-24-21(20(19)15-9-11-16(32-3)12-10-15)23-27-22(28-29(23)13-26-24)17-7-5-6-8-18(17)30/h5-13,20,30H,4H2,1-3H3/t20-/m1/s1. The fraction of sp³-hybridized carbons (Fsp3) is 0.200. The molecule has 0 spiro atoms. The van der Waals surface area contributed by atoms with Crippen LogP contribution in [0.15, 0.2) is 66.2 Å². The molecule has 2 aromatic heterocycles. The van der Waals surface area contributed by atoms with Crippen LogP contribution in [-0.2, 0) is 9.53 Å². The molecule has 0 aliphatic carbocycles. The maximum absolute atomic E-state index is 13.1. The van der Waals surface area contributed by atoms with E-state index in [0.29, 0.717) is 45.6 Å². The Morgan fingerprint density at radius 2 is 1.94 bits per heavy atom. The van der Waals surface area contributed by atoms with Gasteiger partial charge < -0.3 is 19.3 Å². The van der Waals surface area contributed by atoms with Crippen LogP contribution in [0.25, 0.3) is 17.0 Å². The Bertz CT molecular complexity index is 1430. The topological polar surface area (TPSA) is 108 Å². The average molecular weight is 458 g/mol. The molecule has 9 heteroatoms. The number of benzene rings is 2. The van der Waals surface area contributed by atoms with Gasteiger partial charge in [0, 0.05) is 0 Å². The highest BCUT2D eigenvalue weighted by Gasteiger charge is 2.38. The van der Waals surface area contributed by atoms with Gasteiger partial charge in [-0.05, 0) is 43.7 Å². The zero-order valence-electron chi connectivity index (χ0n) is 18.8. The quantitative estimate of drug-likeness (QED) is 0.449. The molecule has 0 saturated heterocycles. The number of aromatic nitrogens is 4. The number of nitrogens with zero attached hydrogens (tertiary/aromatic N) is 4. The van der Waals surface area contributed by atoms with Gasteiger partial charge in [-0.3, -0.25) is 0 Å². The third kappa shape index (κ3) is 3.51. The smallest absolute Gasteiger partial charge is 0.338 e. The normalized spacial score (nSPS) is 15.1. The largest absolute Gasteiger partial charge is 0.507 e. The fourth-order valence-corrected chi connectivity index (χ4v) is 4.12. The van der Waals surface area contributed by atoms with Crippen molar-refractivity contribution in [3.63, 3.8) is 0 Å². The van der Waals surface area contributed by atoms with Crippen LogP contribution in [0.2, 0.25) is 0 Å². The van der Waals surface area contributed by atoms with Crippen LogP contribution in [0.4, 0.5) is 0 Å². The second-order valence-electron chi connectivity index (χ2n) is 7.68. The highest BCUT2D eigenvalue weighted by molar-refractivity contribution is 5.93. The van der Waals surface area contributed by atoms with Crippen LogP contribution >= 0.6 is 0 Å². The molecule has 0 unspecified atom stereocenters. The fourth-order valence-electron chi connectivity index (χ4n) is 4.12. The first kappa shape index (κ1) is 21.4. The number of allylic oxidation sites excluding steroid dienone is 1. The predicted molar refractivity (Wildman–Crippen MR) is 123 cm³/mol. The number of hydrogen-bond donors (Lipinski definition) is 1. The summed E-state index contributed by atoms with van der Waals surface area (Å²) in [5, 5.41) is 14.8. The maximum Gasteiger partial charge on any atom is 0.338 e. The van der Waals surface area contributed by atoms with Crippen molar-refractivity contribution in [2.75, 3.05) is 13.7 Å². The second-order valence-corrected chi connectivity index (χ2v) is 7.68. The number of rotatable bonds is 5. The van der Waals surface area contributed by atoms with Crippen LogP contribution in [-0.4, -0.2) is 44.4 Å². The zero-order valence-corrected chi connectivity index (χ0v) is 18.8. The van der Waals surface area contributed by atoms with Crippen LogP contribution in [0.3, 0.4) is 0 Å². The van der Waals surface area contributed by atoms with Crippen molar-refractivity contribution in [3.8, 4) is 28.8 Å². The lowest BCUT2D eigenvalue weighted by Crippen LogP contribution is -2.24. The molecule has 0 amide bonds. The van der Waals surface area contributed by atoms with E-state index in [0.717, 1.165) is 5.56 Å². The summed E-state index contributed by atoms with van der Waals surface area (Å²) >= 11 is 0. The lowest BCUT2D eigenvalue weighted by molar-refractivity contribution is -0.139. The van der Waals surface area contributed by atoms with E-state index < -0.39 is 11.9 Å². The number of phenolic OH excluding ortho intramolecular Hbond substituents is 1. The summed E-state index contributed by atoms with van der Waals surface area (Å²) in [7, 11) is 1.59. The summed E-state index contributed by atoms with van der Waals surface area (Å²) in [4.78, 5) is 22.2. The van der Waals surface area contributed by atoms with Crippen LogP contribution in [0.5, 0.6) is 17.4 Å². The molecule has 1 atom stereocenters. The van der Waals surface area contributed by atoms with E-state index >= 15 is 0 Å². The average Bonchev–Trinajstić information content (AvgIpc) is 3.28. The first-order valence-corrected chi connectivity index (χ1v) is 10.7. The highest BCUT2D eigenvalue weighted by Crippen LogP contribution is 2.45.